The molecule has 6 nitrogen and oxygen atoms in total. The van der Waals surface area contributed by atoms with Crippen LogP contribution >= 0.6 is 0 Å². The van der Waals surface area contributed by atoms with E-state index < -0.39 is 0 Å². The van der Waals surface area contributed by atoms with Gasteiger partial charge < -0.3 is 28.4 Å². The van der Waals surface area contributed by atoms with Gasteiger partial charge in [-0.1, -0.05) is 117 Å². The topological polar surface area (TPSA) is 55.4 Å². The molecule has 0 bridgehead atoms. The zero-order chi connectivity index (χ0) is 41.8. The van der Waals surface area contributed by atoms with Crippen molar-refractivity contribution in [2.24, 2.45) is 0 Å². The summed E-state index contributed by atoms with van der Waals surface area (Å²) in [5.41, 5.74) is 16.0. The van der Waals surface area contributed by atoms with Crippen molar-refractivity contribution in [3.8, 4) is 67.9 Å². The van der Waals surface area contributed by atoms with Crippen molar-refractivity contribution < 1.29 is 28.4 Å². The fourth-order valence-electron chi connectivity index (χ4n) is 9.95. The first kappa shape index (κ1) is 43.8. The van der Waals surface area contributed by atoms with Crippen LogP contribution in [0.3, 0.4) is 0 Å². The molecule has 0 fully saturated rings. The van der Waals surface area contributed by atoms with Crippen LogP contribution in [0.2, 0.25) is 0 Å². The van der Waals surface area contributed by atoms with Crippen LogP contribution in [-0.2, 0) is 19.3 Å². The molecule has 0 atom stereocenters. The Bertz CT molecular complexity index is 1810. The molecule has 60 heavy (non-hydrogen) atoms. The fraction of sp³-hybridized carbons (Fsp3) is 0.556. The Morgan fingerprint density at radius 1 is 0.333 bits per heavy atom. The third-order valence-corrected chi connectivity index (χ3v) is 13.2. The lowest BCUT2D eigenvalue weighted by Crippen LogP contribution is -2.01. The Labute approximate surface area is 361 Å². The minimum atomic E-state index is 0.694. The first-order valence-corrected chi connectivity index (χ1v) is 23.8. The van der Waals surface area contributed by atoms with Gasteiger partial charge in [0.25, 0.3) is 0 Å². The zero-order valence-corrected chi connectivity index (χ0v) is 37.9. The molecule has 0 saturated heterocycles. The molecule has 0 N–H and O–H groups in total. The Kier molecular flexibility index (Phi) is 15.7. The van der Waals surface area contributed by atoms with Crippen LogP contribution in [0.25, 0.3) is 33.4 Å². The predicted molar refractivity (Wildman–Crippen MR) is 247 cm³/mol. The summed E-state index contributed by atoms with van der Waals surface area (Å²) in [5.74, 6) is 4.96. The van der Waals surface area contributed by atoms with Gasteiger partial charge in [-0.2, -0.15) is 0 Å². The normalized spacial score (nSPS) is 12.7. The van der Waals surface area contributed by atoms with Crippen molar-refractivity contribution in [2.75, 3.05) is 41.2 Å². The Hall–Kier alpha value is -4.32. The second kappa shape index (κ2) is 21.5. The number of ether oxygens (including phenoxy) is 6. The van der Waals surface area contributed by atoms with Gasteiger partial charge >= 0.3 is 0 Å². The van der Waals surface area contributed by atoms with E-state index in [2.05, 4.69) is 57.2 Å². The second-order valence-electron chi connectivity index (χ2n) is 17.4. The Morgan fingerprint density at radius 3 is 0.867 bits per heavy atom. The largest absolute Gasteiger partial charge is 0.493 e. The third-order valence-electron chi connectivity index (χ3n) is 13.2. The number of hydrogen-bond donors (Lipinski definition) is 0. The highest BCUT2D eigenvalue weighted by molar-refractivity contribution is 6.01. The molecule has 4 aromatic rings. The van der Waals surface area contributed by atoms with Crippen LogP contribution in [0, 0.1) is 0 Å². The lowest BCUT2D eigenvalue weighted by molar-refractivity contribution is 0.284. The van der Waals surface area contributed by atoms with E-state index >= 15 is 0 Å². The molecule has 0 amide bonds. The molecule has 0 unspecified atom stereocenters. The van der Waals surface area contributed by atoms with Crippen LogP contribution in [0.1, 0.15) is 170 Å². The van der Waals surface area contributed by atoms with Crippen molar-refractivity contribution in [1.29, 1.82) is 0 Å². The van der Waals surface area contributed by atoms with E-state index in [9.17, 15) is 0 Å². The molecule has 7 rings (SSSR count). The number of rotatable bonds is 27. The zero-order valence-electron chi connectivity index (χ0n) is 37.9. The van der Waals surface area contributed by atoms with E-state index in [1.165, 1.54) is 163 Å². The van der Waals surface area contributed by atoms with Gasteiger partial charge in [0.15, 0.2) is 34.5 Å². The van der Waals surface area contributed by atoms with Gasteiger partial charge in [0, 0.05) is 0 Å². The van der Waals surface area contributed by atoms with Gasteiger partial charge in [-0.15, -0.1) is 0 Å². The molecule has 0 heterocycles. The molecule has 0 spiro atoms. The van der Waals surface area contributed by atoms with E-state index in [1.807, 2.05) is 0 Å². The predicted octanol–water partition coefficient (Wildman–Crippen LogP) is 14.6. The van der Waals surface area contributed by atoms with E-state index in [4.69, 9.17) is 28.4 Å². The van der Waals surface area contributed by atoms with Crippen molar-refractivity contribution in [3.05, 3.63) is 69.8 Å². The number of hydrogen-bond acceptors (Lipinski definition) is 6. The van der Waals surface area contributed by atoms with Crippen molar-refractivity contribution in [2.45, 2.75) is 156 Å². The summed E-state index contributed by atoms with van der Waals surface area (Å²) in [4.78, 5) is 0. The molecule has 0 aromatic heterocycles. The summed E-state index contributed by atoms with van der Waals surface area (Å²) in [7, 11) is 5.30. The van der Waals surface area contributed by atoms with Crippen LogP contribution in [-0.4, -0.2) is 41.2 Å². The number of benzene rings is 4. The van der Waals surface area contributed by atoms with E-state index in [1.54, 1.807) is 21.3 Å². The van der Waals surface area contributed by atoms with Crippen LogP contribution in [0.5, 0.6) is 34.5 Å². The Morgan fingerprint density at radius 2 is 0.600 bits per heavy atom. The summed E-state index contributed by atoms with van der Waals surface area (Å²) in [6.07, 6.45) is 24.7. The molecule has 6 heteroatoms. The molecule has 0 saturated carbocycles. The molecule has 0 aliphatic heterocycles. The van der Waals surface area contributed by atoms with Crippen LogP contribution in [0.15, 0.2) is 36.4 Å². The summed E-state index contributed by atoms with van der Waals surface area (Å²) in [6, 6.07) is 13.6. The quantitative estimate of drug-likeness (QED) is 0.0482. The first-order valence-electron chi connectivity index (χ1n) is 23.8. The van der Waals surface area contributed by atoms with Crippen molar-refractivity contribution >= 4 is 0 Å². The molecule has 0 radical (unpaired) electrons. The van der Waals surface area contributed by atoms with E-state index in [0.717, 1.165) is 73.0 Å². The average molecular weight is 817 g/mol. The standard InChI is InChI=1S/C54H72O6/c1-7-10-13-16-19-22-25-58-49-34-40-37(31-46(49)55-4)28-43-52(40)44-29-38-32-47(56-5)50(59-26-23-20-17-14-11-8-2)35-41(38)54(44)45-30-39-33-48(57-6)51(36-42(39)53(43)45)60-27-24-21-18-15-12-9-3/h31-36H,7-30H2,1-6H3. The van der Waals surface area contributed by atoms with Crippen molar-refractivity contribution in [3.63, 3.8) is 0 Å². The average Bonchev–Trinajstić information content (AvgIpc) is 3.94. The molecule has 3 aliphatic rings. The fourth-order valence-corrected chi connectivity index (χ4v) is 9.95. The summed E-state index contributed by atoms with van der Waals surface area (Å²) >= 11 is 0. The number of unbranched alkanes of at least 4 members (excludes halogenated alkanes) is 15. The lowest BCUT2D eigenvalue weighted by atomic mass is 9.86. The maximum absolute atomic E-state index is 6.55. The maximum Gasteiger partial charge on any atom is 0.161 e. The highest BCUT2D eigenvalue weighted by Crippen LogP contribution is 2.59. The molecule has 3 aliphatic carbocycles. The van der Waals surface area contributed by atoms with Gasteiger partial charge in [-0.25, -0.2) is 0 Å². The minimum Gasteiger partial charge on any atom is -0.493 e. The van der Waals surface area contributed by atoms with Crippen LogP contribution in [0.4, 0.5) is 0 Å². The number of methoxy groups -OCH3 is 3. The molecule has 4 aromatic carbocycles. The van der Waals surface area contributed by atoms with Gasteiger partial charge in [0.1, 0.15) is 0 Å². The van der Waals surface area contributed by atoms with Gasteiger partial charge in [0.2, 0.25) is 0 Å². The van der Waals surface area contributed by atoms with Crippen molar-refractivity contribution in [1.82, 2.24) is 0 Å². The highest BCUT2D eigenvalue weighted by Gasteiger charge is 2.39. The first-order chi connectivity index (χ1) is 29.5. The third kappa shape index (κ3) is 9.58. The monoisotopic (exact) mass is 817 g/mol. The van der Waals surface area contributed by atoms with Gasteiger partial charge in [0.05, 0.1) is 41.2 Å². The molecular weight excluding hydrogens is 745 g/mol. The Balaban J connectivity index is 1.26. The molecular formula is C54H72O6. The summed E-state index contributed by atoms with van der Waals surface area (Å²) in [6.45, 7) is 8.89. The second-order valence-corrected chi connectivity index (χ2v) is 17.4. The minimum absolute atomic E-state index is 0.694. The maximum atomic E-state index is 6.55. The van der Waals surface area contributed by atoms with Gasteiger partial charge in [-0.05, 0) is 142 Å². The van der Waals surface area contributed by atoms with E-state index in [0.29, 0.717) is 19.8 Å². The highest BCUT2D eigenvalue weighted by atomic mass is 16.5. The lowest BCUT2D eigenvalue weighted by Gasteiger charge is -2.18. The molecule has 324 valence electrons. The van der Waals surface area contributed by atoms with Crippen LogP contribution < -0.4 is 28.4 Å². The van der Waals surface area contributed by atoms with Gasteiger partial charge in [-0.3, -0.25) is 0 Å². The summed E-state index contributed by atoms with van der Waals surface area (Å²) < 4.78 is 37.7. The summed E-state index contributed by atoms with van der Waals surface area (Å²) in [5, 5.41) is 0. The smallest absolute Gasteiger partial charge is 0.161 e. The van der Waals surface area contributed by atoms with E-state index in [-0.39, 0.29) is 0 Å². The SMILES string of the molecule is CCCCCCCCOc1cc2c(cc1OC)Cc1c-2c2c(c3c1-c1cc(OCCCCCCCC)c(OC)cc1C3)-c1cc(OCCCCCCCC)c(OC)cc1C2. The number of fused-ring (bicyclic) bond motifs is 12.